The molecule has 0 radical (unpaired) electrons. The molecule has 1 aromatic heterocycles. The Morgan fingerprint density at radius 3 is 1.91 bits per heavy atom. The van der Waals surface area contributed by atoms with Gasteiger partial charge in [-0.1, -0.05) is 78.1 Å². The van der Waals surface area contributed by atoms with Gasteiger partial charge in [-0.25, -0.2) is 5.26 Å². The minimum absolute atomic E-state index is 1.22. The van der Waals surface area contributed by atoms with Gasteiger partial charge in [0.25, 0.3) is 0 Å². The number of nitriles is 1. The number of aryl methyl sites for hydroxylation is 2. The molecular formula is C20H36N2. The minimum atomic E-state index is 1.22. The maximum atomic E-state index is 6.50. The van der Waals surface area contributed by atoms with Crippen molar-refractivity contribution in [2.75, 3.05) is 0 Å². The molecule has 2 heteroatoms. The highest BCUT2D eigenvalue weighted by Gasteiger charge is 1.99. The molecule has 0 aliphatic heterocycles. The standard InChI is InChI=1S/C19H35N.CHN/c1-3-5-6-7-8-9-10-11-12-13-17-20-18-14-16-19(20)15-4-2;1-2/h14,16,18H,3-13,15,17H2,1-2H3;1H. The van der Waals surface area contributed by atoms with E-state index in [2.05, 4.69) is 43.3 Å². The third kappa shape index (κ3) is 10.5. The molecule has 0 bridgehead atoms. The van der Waals surface area contributed by atoms with Gasteiger partial charge in [-0.3, -0.25) is 0 Å². The first kappa shape index (κ1) is 20.8. The highest BCUT2D eigenvalue weighted by molar-refractivity contribution is 5.07. The lowest BCUT2D eigenvalue weighted by atomic mass is 10.1. The maximum absolute atomic E-state index is 6.50. The van der Waals surface area contributed by atoms with E-state index < -0.39 is 0 Å². The fourth-order valence-corrected chi connectivity index (χ4v) is 2.92. The highest BCUT2D eigenvalue weighted by atomic mass is 15.0. The molecule has 0 amide bonds. The van der Waals surface area contributed by atoms with Crippen LogP contribution in [0.4, 0.5) is 0 Å². The zero-order chi connectivity index (χ0) is 16.5. The molecule has 22 heavy (non-hydrogen) atoms. The molecule has 0 fully saturated rings. The number of aromatic nitrogens is 1. The van der Waals surface area contributed by atoms with E-state index in [1.54, 1.807) is 0 Å². The monoisotopic (exact) mass is 304 g/mol. The van der Waals surface area contributed by atoms with Gasteiger partial charge in [-0.2, -0.15) is 0 Å². The van der Waals surface area contributed by atoms with Crippen molar-refractivity contribution in [1.29, 1.82) is 5.26 Å². The first-order valence-corrected chi connectivity index (χ1v) is 9.28. The summed E-state index contributed by atoms with van der Waals surface area (Å²) in [4.78, 5) is 0. The van der Waals surface area contributed by atoms with Gasteiger partial charge in [0.15, 0.2) is 0 Å². The van der Waals surface area contributed by atoms with Crippen molar-refractivity contribution in [2.45, 2.75) is 97.4 Å². The van der Waals surface area contributed by atoms with Crippen LogP contribution in [0.1, 0.15) is 90.2 Å². The topological polar surface area (TPSA) is 28.7 Å². The quantitative estimate of drug-likeness (QED) is 0.382. The summed E-state index contributed by atoms with van der Waals surface area (Å²) in [6.07, 6.45) is 19.0. The molecule has 0 atom stereocenters. The molecule has 0 spiro atoms. The van der Waals surface area contributed by atoms with E-state index in [1.165, 1.54) is 89.3 Å². The van der Waals surface area contributed by atoms with Gasteiger partial charge in [-0.05, 0) is 25.0 Å². The van der Waals surface area contributed by atoms with E-state index in [-0.39, 0.29) is 0 Å². The lowest BCUT2D eigenvalue weighted by Gasteiger charge is -2.08. The molecule has 0 saturated heterocycles. The summed E-state index contributed by atoms with van der Waals surface area (Å²) in [5, 5.41) is 6.50. The number of nitrogens with zero attached hydrogens (tertiary/aromatic N) is 2. The number of hydrogen-bond acceptors (Lipinski definition) is 1. The molecule has 2 nitrogen and oxygen atoms in total. The van der Waals surface area contributed by atoms with Gasteiger partial charge >= 0.3 is 0 Å². The summed E-state index contributed by atoms with van der Waals surface area (Å²) >= 11 is 0. The van der Waals surface area contributed by atoms with Crippen molar-refractivity contribution in [2.24, 2.45) is 0 Å². The molecule has 1 rings (SSSR count). The number of unbranched alkanes of at least 4 members (excludes halogenated alkanes) is 9. The Morgan fingerprint density at radius 2 is 1.36 bits per heavy atom. The molecule has 0 aliphatic rings. The Labute approximate surface area is 138 Å². The van der Waals surface area contributed by atoms with E-state index >= 15 is 0 Å². The first-order chi connectivity index (χ1) is 10.9. The van der Waals surface area contributed by atoms with Crippen LogP contribution in [-0.2, 0) is 13.0 Å². The van der Waals surface area contributed by atoms with Crippen LogP contribution in [0, 0.1) is 11.8 Å². The molecule has 1 heterocycles. The van der Waals surface area contributed by atoms with Crippen molar-refractivity contribution < 1.29 is 0 Å². The molecule has 0 N–H and O–H groups in total. The van der Waals surface area contributed by atoms with E-state index in [4.69, 9.17) is 5.26 Å². The van der Waals surface area contributed by atoms with Gasteiger partial charge < -0.3 is 4.57 Å². The van der Waals surface area contributed by atoms with Crippen LogP contribution < -0.4 is 0 Å². The Hall–Kier alpha value is -1.23. The van der Waals surface area contributed by atoms with E-state index in [9.17, 15) is 0 Å². The van der Waals surface area contributed by atoms with Gasteiger partial charge in [-0.15, -0.1) is 0 Å². The van der Waals surface area contributed by atoms with Gasteiger partial charge in [0, 0.05) is 25.0 Å². The Kier molecular flexibility index (Phi) is 15.2. The van der Waals surface area contributed by atoms with Gasteiger partial charge in [0.2, 0.25) is 0 Å². The fraction of sp³-hybridized carbons (Fsp3) is 0.750. The fourth-order valence-electron chi connectivity index (χ4n) is 2.92. The van der Waals surface area contributed by atoms with Crippen molar-refractivity contribution in [3.8, 4) is 6.57 Å². The van der Waals surface area contributed by atoms with Crippen LogP contribution in [0.2, 0.25) is 0 Å². The summed E-state index contributed by atoms with van der Waals surface area (Å²) in [5.74, 6) is 0. The zero-order valence-electron chi connectivity index (χ0n) is 14.9. The Bertz CT molecular complexity index is 352. The number of hydrogen-bond donors (Lipinski definition) is 0. The predicted molar refractivity (Wildman–Crippen MR) is 96.9 cm³/mol. The van der Waals surface area contributed by atoms with E-state index in [0.717, 1.165) is 0 Å². The summed E-state index contributed by atoms with van der Waals surface area (Å²) in [6, 6.07) is 4.47. The first-order valence-electron chi connectivity index (χ1n) is 9.28. The largest absolute Gasteiger partial charge is 0.351 e. The van der Waals surface area contributed by atoms with Crippen LogP contribution in [0.3, 0.4) is 0 Å². The molecule has 0 aromatic carbocycles. The summed E-state index contributed by atoms with van der Waals surface area (Å²) in [5.41, 5.74) is 1.52. The smallest absolute Gasteiger partial charge is 0.0462 e. The Morgan fingerprint density at radius 1 is 0.818 bits per heavy atom. The van der Waals surface area contributed by atoms with Crippen LogP contribution in [0.15, 0.2) is 18.3 Å². The van der Waals surface area contributed by atoms with E-state index in [1.807, 2.05) is 0 Å². The van der Waals surface area contributed by atoms with Crippen molar-refractivity contribution in [1.82, 2.24) is 4.57 Å². The summed E-state index contributed by atoms with van der Waals surface area (Å²) < 4.78 is 2.45. The van der Waals surface area contributed by atoms with Crippen LogP contribution in [0.25, 0.3) is 0 Å². The molecule has 0 saturated carbocycles. The van der Waals surface area contributed by atoms with Crippen molar-refractivity contribution in [3.63, 3.8) is 0 Å². The van der Waals surface area contributed by atoms with Crippen LogP contribution >= 0.6 is 0 Å². The van der Waals surface area contributed by atoms with Gasteiger partial charge in [0.05, 0.1) is 0 Å². The average molecular weight is 305 g/mol. The van der Waals surface area contributed by atoms with Crippen molar-refractivity contribution >= 4 is 0 Å². The van der Waals surface area contributed by atoms with Crippen LogP contribution in [0.5, 0.6) is 0 Å². The molecule has 126 valence electrons. The Balaban J connectivity index is 0.00000211. The van der Waals surface area contributed by atoms with E-state index in [0.29, 0.717) is 0 Å². The zero-order valence-corrected chi connectivity index (χ0v) is 14.9. The predicted octanol–water partition coefficient (Wildman–Crippen LogP) is 6.50. The second kappa shape index (κ2) is 16.1. The van der Waals surface area contributed by atoms with Crippen LogP contribution in [-0.4, -0.2) is 4.57 Å². The number of rotatable bonds is 13. The molecule has 0 aliphatic carbocycles. The van der Waals surface area contributed by atoms with Gasteiger partial charge in [0.1, 0.15) is 0 Å². The maximum Gasteiger partial charge on any atom is 0.0462 e. The summed E-state index contributed by atoms with van der Waals surface area (Å²) in [7, 11) is 0. The molecular weight excluding hydrogens is 268 g/mol. The SMILES string of the molecule is C#N.CCCCCCCCCCCCn1cccc1CCC. The highest BCUT2D eigenvalue weighted by Crippen LogP contribution is 2.12. The minimum Gasteiger partial charge on any atom is -0.351 e. The summed E-state index contributed by atoms with van der Waals surface area (Å²) in [6.45, 7) is 9.27. The second-order valence-corrected chi connectivity index (χ2v) is 6.12. The molecule has 0 unspecified atom stereocenters. The third-order valence-corrected chi connectivity index (χ3v) is 4.18. The normalized spacial score (nSPS) is 10.2. The molecule has 1 aromatic rings. The lowest BCUT2D eigenvalue weighted by molar-refractivity contribution is 0.529. The van der Waals surface area contributed by atoms with Crippen molar-refractivity contribution in [3.05, 3.63) is 24.0 Å². The second-order valence-electron chi connectivity index (χ2n) is 6.12. The lowest BCUT2D eigenvalue weighted by Crippen LogP contribution is -2.01. The average Bonchev–Trinajstić information content (AvgIpc) is 2.99. The third-order valence-electron chi connectivity index (χ3n) is 4.18.